The summed E-state index contributed by atoms with van der Waals surface area (Å²) in [6.07, 6.45) is 0. The summed E-state index contributed by atoms with van der Waals surface area (Å²) in [6, 6.07) is 19.0. The number of hydrogen-bond acceptors (Lipinski definition) is 7. The number of benzene rings is 2. The number of para-hydroxylation sites is 2. The minimum absolute atomic E-state index is 0.0333. The van der Waals surface area contributed by atoms with Crippen LogP contribution in [-0.2, 0) is 22.7 Å². The van der Waals surface area contributed by atoms with Crippen LogP contribution >= 0.6 is 22.7 Å². The zero-order valence-electron chi connectivity index (χ0n) is 17.1. The number of rotatable bonds is 5. The highest BCUT2D eigenvalue weighted by Gasteiger charge is 2.23. The van der Waals surface area contributed by atoms with Gasteiger partial charge in [0, 0.05) is 28.3 Å². The Kier molecular flexibility index (Phi) is 5.46. The SMILES string of the molecule is CC(=O)N(c1ccccc1)c1nc(COC(=O)c2cc3c(s2)-c2ccccc2OC3)cs1. The second kappa shape index (κ2) is 8.57. The first-order chi connectivity index (χ1) is 15.6. The van der Waals surface area contributed by atoms with E-state index in [0.29, 0.717) is 22.3 Å². The van der Waals surface area contributed by atoms with E-state index >= 15 is 0 Å². The molecule has 0 radical (unpaired) electrons. The molecule has 0 bridgehead atoms. The Labute approximate surface area is 192 Å². The van der Waals surface area contributed by atoms with Crippen LogP contribution in [0.3, 0.4) is 0 Å². The molecule has 0 saturated carbocycles. The highest BCUT2D eigenvalue weighted by Crippen LogP contribution is 2.42. The monoisotopic (exact) mass is 462 g/mol. The van der Waals surface area contributed by atoms with Crippen molar-refractivity contribution in [1.82, 2.24) is 4.98 Å². The number of carbonyl (C=O) groups excluding carboxylic acids is 2. The fourth-order valence-corrected chi connectivity index (χ4v) is 5.44. The number of aromatic nitrogens is 1. The molecule has 0 saturated heterocycles. The van der Waals surface area contributed by atoms with Gasteiger partial charge in [0.1, 0.15) is 23.8 Å². The van der Waals surface area contributed by atoms with Crippen LogP contribution in [0.1, 0.15) is 27.9 Å². The van der Waals surface area contributed by atoms with Crippen molar-refractivity contribution < 1.29 is 19.1 Å². The fourth-order valence-electron chi connectivity index (χ4n) is 3.48. The van der Waals surface area contributed by atoms with Crippen molar-refractivity contribution in [2.45, 2.75) is 20.1 Å². The van der Waals surface area contributed by atoms with E-state index in [1.807, 2.05) is 60.7 Å². The molecule has 2 aromatic carbocycles. The Hall–Kier alpha value is -3.49. The molecule has 3 heterocycles. The molecule has 1 aliphatic rings. The lowest BCUT2D eigenvalue weighted by Gasteiger charge is -2.17. The van der Waals surface area contributed by atoms with Gasteiger partial charge in [-0.3, -0.25) is 9.69 Å². The largest absolute Gasteiger partial charge is 0.488 e. The molecule has 1 amide bonds. The van der Waals surface area contributed by atoms with Gasteiger partial charge in [0.15, 0.2) is 5.13 Å². The highest BCUT2D eigenvalue weighted by molar-refractivity contribution is 7.17. The first kappa shape index (κ1) is 20.4. The van der Waals surface area contributed by atoms with Gasteiger partial charge in [-0.1, -0.05) is 30.3 Å². The molecule has 0 aliphatic carbocycles. The van der Waals surface area contributed by atoms with E-state index in [2.05, 4.69) is 4.98 Å². The van der Waals surface area contributed by atoms with E-state index in [0.717, 1.165) is 27.4 Å². The number of nitrogens with zero attached hydrogens (tertiary/aromatic N) is 2. The molecule has 0 N–H and O–H groups in total. The number of amides is 1. The molecular weight excluding hydrogens is 444 g/mol. The summed E-state index contributed by atoms with van der Waals surface area (Å²) in [5.41, 5.74) is 3.31. The second-order valence-electron chi connectivity index (χ2n) is 7.14. The van der Waals surface area contributed by atoms with Crippen LogP contribution < -0.4 is 9.64 Å². The van der Waals surface area contributed by atoms with Gasteiger partial charge in [-0.05, 0) is 30.3 Å². The van der Waals surface area contributed by atoms with Crippen LogP contribution in [0.15, 0.2) is 66.0 Å². The number of carbonyl (C=O) groups is 2. The van der Waals surface area contributed by atoms with Crippen molar-refractivity contribution in [3.8, 4) is 16.2 Å². The molecular formula is C24H18N2O4S2. The number of esters is 1. The number of fused-ring (bicyclic) bond motifs is 3. The zero-order chi connectivity index (χ0) is 22.1. The third-order valence-corrected chi connectivity index (χ3v) is 7.00. The normalized spacial score (nSPS) is 11.8. The molecule has 32 heavy (non-hydrogen) atoms. The zero-order valence-corrected chi connectivity index (χ0v) is 18.7. The molecule has 4 aromatic rings. The van der Waals surface area contributed by atoms with Gasteiger partial charge in [0.2, 0.25) is 5.91 Å². The lowest BCUT2D eigenvalue weighted by Crippen LogP contribution is -2.22. The van der Waals surface area contributed by atoms with Gasteiger partial charge < -0.3 is 9.47 Å². The van der Waals surface area contributed by atoms with Crippen molar-refractivity contribution in [1.29, 1.82) is 0 Å². The first-order valence-corrected chi connectivity index (χ1v) is 11.6. The molecule has 0 spiro atoms. The van der Waals surface area contributed by atoms with Crippen LogP contribution in [0.4, 0.5) is 10.8 Å². The maximum Gasteiger partial charge on any atom is 0.348 e. The average molecular weight is 463 g/mol. The second-order valence-corrected chi connectivity index (χ2v) is 9.03. The molecule has 8 heteroatoms. The minimum Gasteiger partial charge on any atom is -0.488 e. The number of anilines is 2. The Bertz CT molecular complexity index is 1300. The van der Waals surface area contributed by atoms with E-state index in [-0.39, 0.29) is 12.5 Å². The van der Waals surface area contributed by atoms with E-state index in [9.17, 15) is 9.59 Å². The summed E-state index contributed by atoms with van der Waals surface area (Å²) in [6.45, 7) is 1.96. The number of thiazole rings is 1. The number of hydrogen-bond donors (Lipinski definition) is 0. The standard InChI is InChI=1S/C24H18N2O4S2/c1-15(27)26(18-7-3-2-4-8-18)24-25-17(14-31-24)13-30-23(28)21-11-16-12-29-20-10-6-5-9-19(20)22(16)32-21/h2-11,14H,12-13H2,1H3. The Balaban J connectivity index is 1.29. The molecule has 0 unspecified atom stereocenters. The van der Waals surface area contributed by atoms with Gasteiger partial charge in [-0.15, -0.1) is 22.7 Å². The topological polar surface area (TPSA) is 68.7 Å². The van der Waals surface area contributed by atoms with E-state index < -0.39 is 5.97 Å². The first-order valence-electron chi connectivity index (χ1n) is 9.92. The quantitative estimate of drug-likeness (QED) is 0.350. The van der Waals surface area contributed by atoms with Crippen LogP contribution in [0.2, 0.25) is 0 Å². The molecule has 0 atom stereocenters. The van der Waals surface area contributed by atoms with Crippen LogP contribution in [0, 0.1) is 0 Å². The van der Waals surface area contributed by atoms with Gasteiger partial charge in [0.25, 0.3) is 0 Å². The molecule has 0 fully saturated rings. The average Bonchev–Trinajstić information content (AvgIpc) is 3.45. The predicted octanol–water partition coefficient (Wildman–Crippen LogP) is 5.81. The summed E-state index contributed by atoms with van der Waals surface area (Å²) in [5, 5.41) is 2.33. The van der Waals surface area contributed by atoms with E-state index in [1.165, 1.54) is 29.6 Å². The van der Waals surface area contributed by atoms with Gasteiger partial charge in [0.05, 0.1) is 11.4 Å². The Morgan fingerprint density at radius 3 is 2.72 bits per heavy atom. The maximum absolute atomic E-state index is 12.7. The third kappa shape index (κ3) is 3.90. The summed E-state index contributed by atoms with van der Waals surface area (Å²) in [5.74, 6) is 0.286. The van der Waals surface area contributed by atoms with Gasteiger partial charge in [-0.25, -0.2) is 9.78 Å². The Morgan fingerprint density at radius 2 is 1.91 bits per heavy atom. The lowest BCUT2D eigenvalue weighted by atomic mass is 10.1. The van der Waals surface area contributed by atoms with Gasteiger partial charge >= 0.3 is 5.97 Å². The van der Waals surface area contributed by atoms with Gasteiger partial charge in [-0.2, -0.15) is 0 Å². The van der Waals surface area contributed by atoms with Crippen molar-refractivity contribution >= 4 is 45.4 Å². The van der Waals surface area contributed by atoms with Crippen molar-refractivity contribution in [2.75, 3.05) is 4.90 Å². The number of ether oxygens (including phenoxy) is 2. The highest BCUT2D eigenvalue weighted by atomic mass is 32.1. The molecule has 1 aliphatic heterocycles. The fraction of sp³-hybridized carbons (Fsp3) is 0.125. The summed E-state index contributed by atoms with van der Waals surface area (Å²) >= 11 is 2.74. The van der Waals surface area contributed by atoms with Crippen LogP contribution in [0.25, 0.3) is 10.4 Å². The van der Waals surface area contributed by atoms with Crippen LogP contribution in [0.5, 0.6) is 5.75 Å². The maximum atomic E-state index is 12.7. The lowest BCUT2D eigenvalue weighted by molar-refractivity contribution is -0.115. The summed E-state index contributed by atoms with van der Waals surface area (Å²) < 4.78 is 11.3. The van der Waals surface area contributed by atoms with Crippen LogP contribution in [-0.4, -0.2) is 16.9 Å². The van der Waals surface area contributed by atoms with Crippen molar-refractivity contribution in [2.24, 2.45) is 0 Å². The van der Waals surface area contributed by atoms with Crippen molar-refractivity contribution in [3.63, 3.8) is 0 Å². The predicted molar refractivity (Wildman–Crippen MR) is 125 cm³/mol. The van der Waals surface area contributed by atoms with E-state index in [1.54, 1.807) is 10.3 Å². The Morgan fingerprint density at radius 1 is 1.12 bits per heavy atom. The van der Waals surface area contributed by atoms with E-state index in [4.69, 9.17) is 9.47 Å². The minimum atomic E-state index is -0.400. The molecule has 5 rings (SSSR count). The molecule has 160 valence electrons. The summed E-state index contributed by atoms with van der Waals surface area (Å²) in [7, 11) is 0. The number of thiophene rings is 1. The van der Waals surface area contributed by atoms with Crippen molar-refractivity contribution in [3.05, 3.63) is 82.2 Å². The molecule has 6 nitrogen and oxygen atoms in total. The third-order valence-electron chi connectivity index (χ3n) is 4.94. The molecule has 2 aromatic heterocycles. The summed E-state index contributed by atoms with van der Waals surface area (Å²) in [4.78, 5) is 32.5. The smallest absolute Gasteiger partial charge is 0.348 e.